The molecular formula is C24H20O8Ti. The van der Waals surface area contributed by atoms with Gasteiger partial charge < -0.3 is 0 Å². The molecule has 0 heterocycles. The van der Waals surface area contributed by atoms with Crippen molar-refractivity contribution in [3.63, 3.8) is 0 Å². The summed E-state index contributed by atoms with van der Waals surface area (Å²) in [6.07, 6.45) is 0. The van der Waals surface area contributed by atoms with Gasteiger partial charge >= 0.3 is 196 Å². The van der Waals surface area contributed by atoms with Crippen LogP contribution in [0.25, 0.3) is 0 Å². The summed E-state index contributed by atoms with van der Waals surface area (Å²) in [5.74, 6) is 1.51. The van der Waals surface area contributed by atoms with E-state index in [0.717, 1.165) is 0 Å². The molecule has 0 bridgehead atoms. The Morgan fingerprint density at radius 1 is 0.303 bits per heavy atom. The molecule has 4 rings (SSSR count). The Balaban J connectivity index is 1.56. The van der Waals surface area contributed by atoms with Gasteiger partial charge in [0.2, 0.25) is 0 Å². The van der Waals surface area contributed by atoms with Crippen molar-refractivity contribution < 1.29 is 51.6 Å². The van der Waals surface area contributed by atoms with Crippen LogP contribution in [0.2, 0.25) is 0 Å². The van der Waals surface area contributed by atoms with E-state index in [0.29, 0.717) is 23.0 Å². The average molecular weight is 484 g/mol. The molecular weight excluding hydrogens is 464 g/mol. The molecule has 0 aliphatic carbocycles. The Bertz CT molecular complexity index is 889. The second-order valence-electron chi connectivity index (χ2n) is 6.42. The van der Waals surface area contributed by atoms with E-state index in [2.05, 4.69) is 0 Å². The number of hydrogen-bond donors (Lipinski definition) is 0. The fourth-order valence-electron chi connectivity index (χ4n) is 2.38. The predicted molar refractivity (Wildman–Crippen MR) is 113 cm³/mol. The molecule has 9 heteroatoms. The van der Waals surface area contributed by atoms with E-state index in [4.69, 9.17) is 33.4 Å². The van der Waals surface area contributed by atoms with E-state index in [1.54, 1.807) is 97.1 Å². The zero-order valence-corrected chi connectivity index (χ0v) is 18.9. The van der Waals surface area contributed by atoms with Crippen molar-refractivity contribution in [2.45, 2.75) is 0 Å². The summed E-state index contributed by atoms with van der Waals surface area (Å²) in [4.78, 5) is 21.6. The predicted octanol–water partition coefficient (Wildman–Crippen LogP) is 5.84. The van der Waals surface area contributed by atoms with Crippen molar-refractivity contribution in [3.8, 4) is 23.0 Å². The molecule has 0 saturated carbocycles. The first-order chi connectivity index (χ1) is 16.3. The van der Waals surface area contributed by atoms with Gasteiger partial charge in [-0.3, -0.25) is 0 Å². The van der Waals surface area contributed by atoms with Gasteiger partial charge in [-0.2, -0.15) is 0 Å². The first kappa shape index (κ1) is 22.8. The molecule has 0 aliphatic rings. The average Bonchev–Trinajstić information content (AvgIpc) is 2.90. The van der Waals surface area contributed by atoms with E-state index < -0.39 is 18.1 Å². The van der Waals surface area contributed by atoms with Gasteiger partial charge in [0, 0.05) is 0 Å². The van der Waals surface area contributed by atoms with Crippen LogP contribution in [0.4, 0.5) is 0 Å². The molecule has 0 aliphatic heterocycles. The summed E-state index contributed by atoms with van der Waals surface area (Å²) in [5, 5.41) is 0. The third-order valence-electron chi connectivity index (χ3n) is 3.93. The minimum atomic E-state index is -5.06. The molecule has 0 N–H and O–H groups in total. The molecule has 8 nitrogen and oxygen atoms in total. The van der Waals surface area contributed by atoms with Crippen molar-refractivity contribution in [1.82, 2.24) is 0 Å². The fraction of sp³-hybridized carbons (Fsp3) is 0. The minimum absolute atomic E-state index is 0.377. The van der Waals surface area contributed by atoms with Crippen molar-refractivity contribution in [2.24, 2.45) is 0 Å². The van der Waals surface area contributed by atoms with Crippen LogP contribution < -0.4 is 19.6 Å². The van der Waals surface area contributed by atoms with Gasteiger partial charge in [-0.15, -0.1) is 0 Å². The first-order valence-corrected chi connectivity index (χ1v) is 12.5. The number of rotatable bonds is 12. The monoisotopic (exact) mass is 484 g/mol. The quantitative estimate of drug-likeness (QED) is 0.141. The molecule has 0 unspecified atom stereocenters. The molecule has 0 aromatic heterocycles. The zero-order valence-electron chi connectivity index (χ0n) is 17.3. The number of para-hydroxylation sites is 4. The molecule has 0 radical (unpaired) electrons. The van der Waals surface area contributed by atoms with Crippen LogP contribution in [0.3, 0.4) is 0 Å². The van der Waals surface area contributed by atoms with Crippen molar-refractivity contribution in [2.75, 3.05) is 0 Å². The molecule has 168 valence electrons. The first-order valence-electron chi connectivity index (χ1n) is 9.94. The zero-order chi connectivity index (χ0) is 22.6. The summed E-state index contributed by atoms with van der Waals surface area (Å²) >= 11 is -5.06. The van der Waals surface area contributed by atoms with E-state index in [1.165, 1.54) is 0 Å². The van der Waals surface area contributed by atoms with Gasteiger partial charge in [0.25, 0.3) is 0 Å². The van der Waals surface area contributed by atoms with Crippen LogP contribution in [-0.2, 0) is 32.0 Å². The van der Waals surface area contributed by atoms with Crippen molar-refractivity contribution >= 4 is 0 Å². The van der Waals surface area contributed by atoms with Crippen LogP contribution in [0, 0.1) is 0 Å². The normalized spacial score (nSPS) is 10.9. The molecule has 0 saturated heterocycles. The second-order valence-corrected chi connectivity index (χ2v) is 9.02. The number of hydrogen-bond acceptors (Lipinski definition) is 8. The van der Waals surface area contributed by atoms with E-state index in [9.17, 15) is 0 Å². The van der Waals surface area contributed by atoms with E-state index in [-0.39, 0.29) is 0 Å². The molecule has 0 amide bonds. The third kappa shape index (κ3) is 7.33. The fourth-order valence-corrected chi connectivity index (χ4v) is 3.88. The van der Waals surface area contributed by atoms with E-state index >= 15 is 0 Å². The Morgan fingerprint density at radius 2 is 0.515 bits per heavy atom. The van der Waals surface area contributed by atoms with Gasteiger partial charge in [-0.1, -0.05) is 0 Å². The van der Waals surface area contributed by atoms with Crippen molar-refractivity contribution in [3.05, 3.63) is 121 Å². The van der Waals surface area contributed by atoms with Gasteiger partial charge in [-0.05, 0) is 0 Å². The molecule has 0 fully saturated rings. The molecule has 0 atom stereocenters. The summed E-state index contributed by atoms with van der Waals surface area (Å²) < 4.78 is 22.1. The standard InChI is InChI=1S/4C6H6O2.Ti/c4*7-8-6-4-2-1-3-5-6;/h4*1-5,7H;/q;;;;+4/p-4. The summed E-state index contributed by atoms with van der Waals surface area (Å²) in [7, 11) is 0. The maximum absolute atomic E-state index is 5.53. The Morgan fingerprint density at radius 3 is 0.727 bits per heavy atom. The van der Waals surface area contributed by atoms with Gasteiger partial charge in [0.15, 0.2) is 0 Å². The summed E-state index contributed by atoms with van der Waals surface area (Å²) in [6.45, 7) is 0. The van der Waals surface area contributed by atoms with Gasteiger partial charge in [-0.25, -0.2) is 0 Å². The molecule has 0 spiro atoms. The SMILES string of the molecule is c1ccc(O[O][Ti]([O]Oc2ccccc2)([O]Oc2ccccc2)[O]Oc2ccccc2)cc1. The van der Waals surface area contributed by atoms with Crippen LogP contribution in [0.15, 0.2) is 121 Å². The van der Waals surface area contributed by atoms with E-state index in [1.807, 2.05) is 24.3 Å². The van der Waals surface area contributed by atoms with Gasteiger partial charge in [0.1, 0.15) is 0 Å². The second kappa shape index (κ2) is 12.0. The Hall–Kier alpha value is -3.37. The molecule has 33 heavy (non-hydrogen) atoms. The molecule has 4 aromatic rings. The maximum atomic E-state index is 5.53. The van der Waals surface area contributed by atoms with Crippen LogP contribution in [0.1, 0.15) is 0 Å². The Labute approximate surface area is 195 Å². The van der Waals surface area contributed by atoms with Crippen molar-refractivity contribution in [1.29, 1.82) is 0 Å². The molecule has 4 aromatic carbocycles. The third-order valence-corrected chi connectivity index (χ3v) is 5.73. The van der Waals surface area contributed by atoms with Gasteiger partial charge in [0.05, 0.1) is 0 Å². The van der Waals surface area contributed by atoms with Crippen LogP contribution >= 0.6 is 0 Å². The Kier molecular flexibility index (Phi) is 8.32. The number of benzene rings is 4. The summed E-state index contributed by atoms with van der Waals surface area (Å²) in [5.41, 5.74) is 0. The van der Waals surface area contributed by atoms with Crippen LogP contribution in [-0.4, -0.2) is 0 Å². The topological polar surface area (TPSA) is 73.8 Å². The van der Waals surface area contributed by atoms with Crippen LogP contribution in [0.5, 0.6) is 23.0 Å². The summed E-state index contributed by atoms with van der Waals surface area (Å²) in [6, 6.07) is 35.0.